The van der Waals surface area contributed by atoms with Gasteiger partial charge in [0.05, 0.1) is 11.5 Å². The van der Waals surface area contributed by atoms with Crippen LogP contribution in [0.4, 0.5) is 13.2 Å². The van der Waals surface area contributed by atoms with Crippen LogP contribution >= 0.6 is 0 Å². The molecule has 1 aliphatic rings. The quantitative estimate of drug-likeness (QED) is 0.790. The molecular weight excluding hydrogens is 361 g/mol. The number of aliphatic hydroxyl groups excluding tert-OH is 1. The second-order valence-electron chi connectivity index (χ2n) is 7.75. The number of nitrogens with zero attached hydrogens (tertiary/aromatic N) is 1. The van der Waals surface area contributed by atoms with Crippen molar-refractivity contribution >= 4 is 11.8 Å². The van der Waals surface area contributed by atoms with Gasteiger partial charge in [-0.05, 0) is 24.1 Å². The zero-order valence-electron chi connectivity index (χ0n) is 15.5. The first-order valence-corrected chi connectivity index (χ1v) is 8.84. The molecule has 0 aliphatic carbocycles. The molecule has 2 N–H and O–H groups in total. The van der Waals surface area contributed by atoms with Gasteiger partial charge in [0, 0.05) is 38.1 Å². The lowest BCUT2D eigenvalue weighted by Crippen LogP contribution is -2.47. The Labute approximate surface area is 156 Å². The number of piperidine rings is 1. The first-order chi connectivity index (χ1) is 12.5. The van der Waals surface area contributed by atoms with Gasteiger partial charge in [0.1, 0.15) is 0 Å². The summed E-state index contributed by atoms with van der Waals surface area (Å²) in [5.74, 6) is -0.798. The molecular formula is C19H25F3N2O3. The number of rotatable bonds is 6. The molecule has 0 saturated carbocycles. The van der Waals surface area contributed by atoms with E-state index in [2.05, 4.69) is 5.32 Å². The van der Waals surface area contributed by atoms with E-state index in [1.165, 1.54) is 17.0 Å². The molecule has 27 heavy (non-hydrogen) atoms. The predicted molar refractivity (Wildman–Crippen MR) is 93.5 cm³/mol. The smallest absolute Gasteiger partial charge is 0.396 e. The van der Waals surface area contributed by atoms with Crippen LogP contribution in [0.3, 0.4) is 0 Å². The van der Waals surface area contributed by atoms with E-state index in [0.29, 0.717) is 18.5 Å². The highest BCUT2D eigenvalue weighted by molar-refractivity contribution is 5.83. The van der Waals surface area contributed by atoms with Crippen molar-refractivity contribution in [3.8, 4) is 0 Å². The van der Waals surface area contributed by atoms with Gasteiger partial charge in [-0.3, -0.25) is 9.59 Å². The molecule has 5 nitrogen and oxygen atoms in total. The largest absolute Gasteiger partial charge is 0.416 e. The van der Waals surface area contributed by atoms with Gasteiger partial charge in [-0.2, -0.15) is 13.2 Å². The van der Waals surface area contributed by atoms with Crippen LogP contribution < -0.4 is 5.32 Å². The molecule has 150 valence electrons. The van der Waals surface area contributed by atoms with Gasteiger partial charge in [0.25, 0.3) is 0 Å². The molecule has 1 heterocycles. The highest BCUT2D eigenvalue weighted by atomic mass is 19.4. The van der Waals surface area contributed by atoms with E-state index in [1.54, 1.807) is 0 Å². The summed E-state index contributed by atoms with van der Waals surface area (Å²) in [5.41, 5.74) is -0.830. The van der Waals surface area contributed by atoms with E-state index in [-0.39, 0.29) is 37.9 Å². The Bertz CT molecular complexity index is 689. The third-order valence-corrected chi connectivity index (χ3v) is 4.67. The maximum atomic E-state index is 12.9. The Morgan fingerprint density at radius 2 is 2.04 bits per heavy atom. The predicted octanol–water partition coefficient (Wildman–Crippen LogP) is 2.58. The molecule has 0 aromatic heterocycles. The minimum absolute atomic E-state index is 0.0364. The highest BCUT2D eigenvalue weighted by Gasteiger charge is 2.33. The normalized spacial score (nSPS) is 18.5. The number of benzene rings is 1. The molecule has 1 fully saturated rings. The van der Waals surface area contributed by atoms with Crippen molar-refractivity contribution in [2.24, 2.45) is 11.3 Å². The Morgan fingerprint density at radius 3 is 2.67 bits per heavy atom. The van der Waals surface area contributed by atoms with Crippen molar-refractivity contribution in [3.05, 3.63) is 35.4 Å². The Hall–Kier alpha value is -2.09. The number of hydrogen-bond donors (Lipinski definition) is 2. The van der Waals surface area contributed by atoms with E-state index in [4.69, 9.17) is 0 Å². The number of likely N-dealkylation sites (tertiary alicyclic amines) is 1. The van der Waals surface area contributed by atoms with Crippen LogP contribution in [-0.4, -0.2) is 41.5 Å². The van der Waals surface area contributed by atoms with Crippen molar-refractivity contribution in [1.29, 1.82) is 0 Å². The molecule has 0 radical (unpaired) electrons. The number of alkyl halides is 3. The van der Waals surface area contributed by atoms with Gasteiger partial charge >= 0.3 is 6.18 Å². The third-order valence-electron chi connectivity index (χ3n) is 4.67. The van der Waals surface area contributed by atoms with Gasteiger partial charge < -0.3 is 15.3 Å². The molecule has 0 bridgehead atoms. The third kappa shape index (κ3) is 5.95. The van der Waals surface area contributed by atoms with E-state index >= 15 is 0 Å². The van der Waals surface area contributed by atoms with Crippen LogP contribution in [0.5, 0.6) is 0 Å². The fourth-order valence-electron chi connectivity index (χ4n) is 2.87. The first-order valence-electron chi connectivity index (χ1n) is 8.84. The van der Waals surface area contributed by atoms with E-state index in [9.17, 15) is 27.9 Å². The fraction of sp³-hybridized carbons (Fsp3) is 0.579. The summed E-state index contributed by atoms with van der Waals surface area (Å²) < 4.78 is 38.6. The molecule has 1 aromatic rings. The van der Waals surface area contributed by atoms with Crippen molar-refractivity contribution in [2.45, 2.75) is 39.4 Å². The molecule has 1 aromatic carbocycles. The molecule has 1 aliphatic heterocycles. The second-order valence-corrected chi connectivity index (χ2v) is 7.75. The van der Waals surface area contributed by atoms with Crippen LogP contribution in [0.1, 0.15) is 37.8 Å². The van der Waals surface area contributed by atoms with Gasteiger partial charge in [-0.25, -0.2) is 0 Å². The number of nitrogens with one attached hydrogen (secondary N) is 1. The first kappa shape index (κ1) is 21.2. The Morgan fingerprint density at radius 1 is 1.33 bits per heavy atom. The van der Waals surface area contributed by atoms with Crippen LogP contribution in [0.25, 0.3) is 0 Å². The number of halogens is 3. The number of amides is 2. The standard InChI is InChI=1S/C19H25F3N2O3/c1-18(2,12-25)11-23-17(27)14-6-7-16(26)24(10-14)9-13-4-3-5-15(8-13)19(20,21)22/h3-5,8,14,25H,6-7,9-12H2,1-2H3,(H,23,27). The topological polar surface area (TPSA) is 69.6 Å². The van der Waals surface area contributed by atoms with Gasteiger partial charge in [0.15, 0.2) is 0 Å². The minimum atomic E-state index is -4.44. The molecule has 1 saturated heterocycles. The van der Waals surface area contributed by atoms with Crippen LogP contribution in [-0.2, 0) is 22.3 Å². The van der Waals surface area contributed by atoms with E-state index in [0.717, 1.165) is 12.1 Å². The molecule has 2 amide bonds. The maximum absolute atomic E-state index is 12.9. The van der Waals surface area contributed by atoms with Crippen molar-refractivity contribution in [1.82, 2.24) is 10.2 Å². The number of aliphatic hydroxyl groups is 1. The van der Waals surface area contributed by atoms with Crippen LogP contribution in [0, 0.1) is 11.3 Å². The van der Waals surface area contributed by atoms with E-state index < -0.39 is 23.1 Å². The summed E-state index contributed by atoms with van der Waals surface area (Å²) in [4.78, 5) is 26.0. The number of hydrogen-bond acceptors (Lipinski definition) is 3. The molecule has 1 unspecified atom stereocenters. The zero-order chi connectivity index (χ0) is 20.2. The van der Waals surface area contributed by atoms with Crippen molar-refractivity contribution < 1.29 is 27.9 Å². The number of carbonyl (C=O) groups excluding carboxylic acids is 2. The molecule has 0 spiro atoms. The molecule has 8 heteroatoms. The lowest BCUT2D eigenvalue weighted by molar-refractivity contribution is -0.139. The summed E-state index contributed by atoms with van der Waals surface area (Å²) in [6.45, 7) is 4.07. The maximum Gasteiger partial charge on any atom is 0.416 e. The van der Waals surface area contributed by atoms with Crippen molar-refractivity contribution in [3.63, 3.8) is 0 Å². The second kappa shape index (κ2) is 8.29. The lowest BCUT2D eigenvalue weighted by atomic mass is 9.93. The zero-order valence-corrected chi connectivity index (χ0v) is 15.5. The van der Waals surface area contributed by atoms with Gasteiger partial charge in [-0.1, -0.05) is 26.0 Å². The van der Waals surface area contributed by atoms with Crippen LogP contribution in [0.2, 0.25) is 0 Å². The Kier molecular flexibility index (Phi) is 6.51. The monoisotopic (exact) mass is 386 g/mol. The molecule has 1 atom stereocenters. The van der Waals surface area contributed by atoms with Crippen LogP contribution in [0.15, 0.2) is 24.3 Å². The van der Waals surface area contributed by atoms with Gasteiger partial charge in [-0.15, -0.1) is 0 Å². The Balaban J connectivity index is 2.01. The van der Waals surface area contributed by atoms with Gasteiger partial charge in [0.2, 0.25) is 11.8 Å². The number of carbonyl (C=O) groups is 2. The molecule has 2 rings (SSSR count). The highest BCUT2D eigenvalue weighted by Crippen LogP contribution is 2.30. The summed E-state index contributed by atoms with van der Waals surface area (Å²) >= 11 is 0. The summed E-state index contributed by atoms with van der Waals surface area (Å²) in [6, 6.07) is 4.87. The van der Waals surface area contributed by atoms with E-state index in [1.807, 2.05) is 13.8 Å². The average Bonchev–Trinajstić information content (AvgIpc) is 2.61. The summed E-state index contributed by atoms with van der Waals surface area (Å²) in [6.07, 6.45) is -3.85. The SMILES string of the molecule is CC(C)(CO)CNC(=O)C1CCC(=O)N(Cc2cccc(C(F)(F)F)c2)C1. The minimum Gasteiger partial charge on any atom is -0.396 e. The van der Waals surface area contributed by atoms with Crippen molar-refractivity contribution in [2.75, 3.05) is 19.7 Å². The summed E-state index contributed by atoms with van der Waals surface area (Å²) in [5, 5.41) is 12.0. The fourth-order valence-corrected chi connectivity index (χ4v) is 2.87. The average molecular weight is 386 g/mol. The summed E-state index contributed by atoms with van der Waals surface area (Å²) in [7, 11) is 0. The lowest BCUT2D eigenvalue weighted by Gasteiger charge is -2.33.